The number of rotatable bonds is 6. The summed E-state index contributed by atoms with van der Waals surface area (Å²) in [5, 5.41) is 5.94. The minimum absolute atomic E-state index is 0.286. The van der Waals surface area contributed by atoms with Gasteiger partial charge in [0, 0.05) is 24.5 Å². The lowest BCUT2D eigenvalue weighted by molar-refractivity contribution is 0.102. The van der Waals surface area contributed by atoms with E-state index in [1.54, 1.807) is 31.5 Å². The van der Waals surface area contributed by atoms with Gasteiger partial charge in [0.05, 0.1) is 7.11 Å². The molecule has 0 radical (unpaired) electrons. The molecule has 0 bridgehead atoms. The predicted molar refractivity (Wildman–Crippen MR) is 101 cm³/mol. The van der Waals surface area contributed by atoms with Crippen LogP contribution in [-0.4, -0.2) is 23.0 Å². The number of anilines is 2. The fraction of sp³-hybridized carbons (Fsp3) is 0.150. The summed E-state index contributed by atoms with van der Waals surface area (Å²) in [5.41, 5.74) is 3.25. The first-order valence-electron chi connectivity index (χ1n) is 8.22. The van der Waals surface area contributed by atoms with Crippen LogP contribution in [0.5, 0.6) is 5.75 Å². The maximum absolute atomic E-state index is 12.4. The van der Waals surface area contributed by atoms with Crippen molar-refractivity contribution in [3.05, 3.63) is 77.6 Å². The molecule has 2 aromatic carbocycles. The molecule has 6 heteroatoms. The molecule has 0 aliphatic carbocycles. The smallest absolute Gasteiger partial charge is 0.274 e. The van der Waals surface area contributed by atoms with Gasteiger partial charge in [0.1, 0.15) is 11.4 Å². The van der Waals surface area contributed by atoms with Gasteiger partial charge in [0.2, 0.25) is 5.95 Å². The van der Waals surface area contributed by atoms with Crippen LogP contribution in [0, 0.1) is 6.92 Å². The highest BCUT2D eigenvalue weighted by Gasteiger charge is 2.10. The predicted octanol–water partition coefficient (Wildman–Crippen LogP) is 3.66. The van der Waals surface area contributed by atoms with E-state index in [9.17, 15) is 4.79 Å². The van der Waals surface area contributed by atoms with Gasteiger partial charge >= 0.3 is 0 Å². The fourth-order valence-electron chi connectivity index (χ4n) is 2.35. The molecule has 0 unspecified atom stereocenters. The third kappa shape index (κ3) is 4.57. The average molecular weight is 348 g/mol. The Morgan fingerprint density at radius 2 is 1.92 bits per heavy atom. The molecule has 3 rings (SSSR count). The summed E-state index contributed by atoms with van der Waals surface area (Å²) >= 11 is 0. The van der Waals surface area contributed by atoms with Crippen LogP contribution in [0.2, 0.25) is 0 Å². The highest BCUT2D eigenvalue weighted by Crippen LogP contribution is 2.17. The lowest BCUT2D eigenvalue weighted by Gasteiger charge is -2.08. The monoisotopic (exact) mass is 348 g/mol. The molecular weight excluding hydrogens is 328 g/mol. The Bertz CT molecular complexity index is 894. The Hall–Kier alpha value is -3.41. The van der Waals surface area contributed by atoms with Crippen LogP contribution in [0.15, 0.2) is 60.8 Å². The minimum atomic E-state index is -0.306. The second kappa shape index (κ2) is 8.11. The Morgan fingerprint density at radius 1 is 1.12 bits per heavy atom. The zero-order valence-electron chi connectivity index (χ0n) is 14.7. The van der Waals surface area contributed by atoms with Crippen LogP contribution in [0.1, 0.15) is 21.6 Å². The quantitative estimate of drug-likeness (QED) is 0.711. The molecule has 0 saturated heterocycles. The lowest BCUT2D eigenvalue weighted by Crippen LogP contribution is -2.15. The minimum Gasteiger partial charge on any atom is -0.497 e. The van der Waals surface area contributed by atoms with Crippen molar-refractivity contribution in [2.45, 2.75) is 13.5 Å². The molecule has 0 aliphatic rings. The summed E-state index contributed by atoms with van der Waals surface area (Å²) in [5.74, 6) is 0.772. The molecule has 0 saturated carbocycles. The van der Waals surface area contributed by atoms with Gasteiger partial charge < -0.3 is 15.4 Å². The van der Waals surface area contributed by atoms with Crippen LogP contribution >= 0.6 is 0 Å². The van der Waals surface area contributed by atoms with Crippen molar-refractivity contribution in [3.8, 4) is 5.75 Å². The first-order valence-corrected chi connectivity index (χ1v) is 8.22. The molecule has 3 aromatic rings. The van der Waals surface area contributed by atoms with E-state index in [1.165, 1.54) is 5.56 Å². The van der Waals surface area contributed by atoms with E-state index in [-0.39, 0.29) is 11.6 Å². The molecule has 0 spiro atoms. The lowest BCUT2D eigenvalue weighted by atomic mass is 10.1. The van der Waals surface area contributed by atoms with Crippen molar-refractivity contribution in [1.82, 2.24) is 9.97 Å². The number of hydrogen-bond acceptors (Lipinski definition) is 5. The molecule has 1 aromatic heterocycles. The molecule has 2 N–H and O–H groups in total. The SMILES string of the molecule is COc1cccc(NC(=O)c2ccnc(NCc3ccc(C)cc3)n2)c1. The van der Waals surface area contributed by atoms with E-state index in [0.717, 1.165) is 5.56 Å². The maximum Gasteiger partial charge on any atom is 0.274 e. The summed E-state index contributed by atoms with van der Waals surface area (Å²) in [7, 11) is 1.58. The van der Waals surface area contributed by atoms with Gasteiger partial charge in [-0.2, -0.15) is 0 Å². The van der Waals surface area contributed by atoms with Gasteiger partial charge in [-0.05, 0) is 30.7 Å². The van der Waals surface area contributed by atoms with Gasteiger partial charge in [0.15, 0.2) is 0 Å². The van der Waals surface area contributed by atoms with Crippen LogP contribution in [0.4, 0.5) is 11.6 Å². The Labute approximate surface area is 152 Å². The third-order valence-electron chi connectivity index (χ3n) is 3.79. The number of hydrogen-bond donors (Lipinski definition) is 2. The van der Waals surface area contributed by atoms with E-state index in [0.29, 0.717) is 23.9 Å². The standard InChI is InChI=1S/C20H20N4O2/c1-14-6-8-15(9-7-14)13-22-20-21-11-10-18(24-20)19(25)23-16-4-3-5-17(12-16)26-2/h3-12H,13H2,1-2H3,(H,23,25)(H,21,22,24). The summed E-state index contributed by atoms with van der Waals surface area (Å²) < 4.78 is 5.16. The number of amides is 1. The normalized spacial score (nSPS) is 10.2. The van der Waals surface area contributed by atoms with E-state index < -0.39 is 0 Å². The Morgan fingerprint density at radius 3 is 2.69 bits per heavy atom. The second-order valence-corrected chi connectivity index (χ2v) is 5.79. The van der Waals surface area contributed by atoms with Crippen molar-refractivity contribution >= 4 is 17.5 Å². The fourth-order valence-corrected chi connectivity index (χ4v) is 2.35. The first kappa shape index (κ1) is 17.4. The van der Waals surface area contributed by atoms with Crippen LogP contribution in [0.3, 0.4) is 0 Å². The van der Waals surface area contributed by atoms with Crippen LogP contribution < -0.4 is 15.4 Å². The zero-order chi connectivity index (χ0) is 18.4. The van der Waals surface area contributed by atoms with Gasteiger partial charge in [-0.25, -0.2) is 9.97 Å². The van der Waals surface area contributed by atoms with Gasteiger partial charge in [0.25, 0.3) is 5.91 Å². The molecule has 0 atom stereocenters. The van der Waals surface area contributed by atoms with E-state index in [1.807, 2.05) is 31.2 Å². The molecule has 6 nitrogen and oxygen atoms in total. The zero-order valence-corrected chi connectivity index (χ0v) is 14.7. The number of carbonyl (C=O) groups is 1. The number of ether oxygens (including phenoxy) is 1. The summed E-state index contributed by atoms with van der Waals surface area (Å²) in [4.78, 5) is 20.9. The number of methoxy groups -OCH3 is 1. The van der Waals surface area contributed by atoms with Gasteiger partial charge in [-0.3, -0.25) is 4.79 Å². The molecule has 132 valence electrons. The summed E-state index contributed by atoms with van der Waals surface area (Å²) in [6.07, 6.45) is 1.56. The molecule has 1 amide bonds. The number of aryl methyl sites for hydroxylation is 1. The average Bonchev–Trinajstić information content (AvgIpc) is 2.68. The highest BCUT2D eigenvalue weighted by molar-refractivity contribution is 6.03. The van der Waals surface area contributed by atoms with Crippen LogP contribution in [0.25, 0.3) is 0 Å². The van der Waals surface area contributed by atoms with Crippen molar-refractivity contribution in [1.29, 1.82) is 0 Å². The summed E-state index contributed by atoms with van der Waals surface area (Å²) in [6, 6.07) is 16.9. The maximum atomic E-state index is 12.4. The molecule has 1 heterocycles. The Balaban J connectivity index is 1.65. The highest BCUT2D eigenvalue weighted by atomic mass is 16.5. The van der Waals surface area contributed by atoms with Crippen LogP contribution in [-0.2, 0) is 6.54 Å². The number of benzene rings is 2. The number of nitrogens with zero attached hydrogens (tertiary/aromatic N) is 2. The number of nitrogens with one attached hydrogen (secondary N) is 2. The largest absolute Gasteiger partial charge is 0.497 e. The molecule has 26 heavy (non-hydrogen) atoms. The second-order valence-electron chi connectivity index (χ2n) is 5.79. The molecule has 0 aliphatic heterocycles. The van der Waals surface area contributed by atoms with Crippen molar-refractivity contribution in [3.63, 3.8) is 0 Å². The van der Waals surface area contributed by atoms with E-state index in [4.69, 9.17) is 4.74 Å². The topological polar surface area (TPSA) is 76.1 Å². The van der Waals surface area contributed by atoms with Crippen molar-refractivity contribution in [2.24, 2.45) is 0 Å². The summed E-state index contributed by atoms with van der Waals surface area (Å²) in [6.45, 7) is 2.63. The molecule has 0 fully saturated rings. The Kier molecular flexibility index (Phi) is 5.43. The number of carbonyl (C=O) groups excluding carboxylic acids is 1. The van der Waals surface area contributed by atoms with Crippen molar-refractivity contribution < 1.29 is 9.53 Å². The van der Waals surface area contributed by atoms with E-state index >= 15 is 0 Å². The van der Waals surface area contributed by atoms with Crippen molar-refractivity contribution in [2.75, 3.05) is 17.7 Å². The first-order chi connectivity index (χ1) is 12.6. The number of aromatic nitrogens is 2. The van der Waals surface area contributed by atoms with Gasteiger partial charge in [-0.15, -0.1) is 0 Å². The molecular formula is C20H20N4O2. The third-order valence-corrected chi connectivity index (χ3v) is 3.79. The van der Waals surface area contributed by atoms with Gasteiger partial charge in [-0.1, -0.05) is 35.9 Å². The van der Waals surface area contributed by atoms with E-state index in [2.05, 4.69) is 32.7 Å².